The molecule has 0 bridgehead atoms. The highest BCUT2D eigenvalue weighted by Crippen LogP contribution is 2.65. The van der Waals surface area contributed by atoms with Gasteiger partial charge in [0.15, 0.2) is 11.5 Å². The number of carbonyl (C=O) groups excluding carboxylic acids is 2. The molecule has 0 radical (unpaired) electrons. The Bertz CT molecular complexity index is 984. The van der Waals surface area contributed by atoms with Gasteiger partial charge in [0.2, 0.25) is 11.7 Å². The molecule has 1 N–H and O–H groups in total. The average Bonchev–Trinajstić information content (AvgIpc) is 3.21. The maximum absolute atomic E-state index is 13.5. The number of methoxy groups -OCH3 is 3. The standard InChI is InChI=1S/C28H39NO6/c1-27-12-10-19-17(6-9-23-28(19,2)13-11-24(30)29-23)18(27)7-8-20(27)26(31)35-16-14-21(32-3)25(34-5)22(15-16)33-4/h14-15,17-20,23H,6-13H2,1-5H3,(H,29,30). The van der Waals surface area contributed by atoms with Crippen molar-refractivity contribution in [3.05, 3.63) is 12.1 Å². The van der Waals surface area contributed by atoms with E-state index in [1.54, 1.807) is 33.5 Å². The van der Waals surface area contributed by atoms with E-state index in [2.05, 4.69) is 19.2 Å². The van der Waals surface area contributed by atoms with E-state index < -0.39 is 0 Å². The van der Waals surface area contributed by atoms with Crippen molar-refractivity contribution < 1.29 is 28.5 Å². The van der Waals surface area contributed by atoms with Gasteiger partial charge in [0.25, 0.3) is 0 Å². The zero-order valence-electron chi connectivity index (χ0n) is 21.6. The van der Waals surface area contributed by atoms with E-state index in [-0.39, 0.29) is 28.6 Å². The lowest BCUT2D eigenvalue weighted by atomic mass is 9.47. The zero-order chi connectivity index (χ0) is 25.0. The van der Waals surface area contributed by atoms with Crippen molar-refractivity contribution in [2.45, 2.75) is 71.3 Å². The third-order valence-electron chi connectivity index (χ3n) is 10.2. The summed E-state index contributed by atoms with van der Waals surface area (Å²) in [4.78, 5) is 25.6. The number of fused-ring (bicyclic) bond motifs is 5. The van der Waals surface area contributed by atoms with Crippen molar-refractivity contribution in [2.24, 2.45) is 34.5 Å². The van der Waals surface area contributed by atoms with E-state index in [1.807, 2.05) is 0 Å². The molecule has 1 aromatic carbocycles. The number of benzene rings is 1. The maximum atomic E-state index is 13.5. The largest absolute Gasteiger partial charge is 0.493 e. The van der Waals surface area contributed by atoms with Gasteiger partial charge < -0.3 is 24.3 Å². The van der Waals surface area contributed by atoms with Crippen LogP contribution in [0.25, 0.3) is 0 Å². The molecule has 4 aliphatic rings. The van der Waals surface area contributed by atoms with Crippen molar-refractivity contribution in [2.75, 3.05) is 21.3 Å². The summed E-state index contributed by atoms with van der Waals surface area (Å²) in [6.07, 6.45) is 7.90. The molecule has 0 spiro atoms. The Balaban J connectivity index is 1.35. The van der Waals surface area contributed by atoms with Crippen LogP contribution in [0.2, 0.25) is 0 Å². The summed E-state index contributed by atoms with van der Waals surface area (Å²) in [6, 6.07) is 3.67. The molecule has 3 aliphatic carbocycles. The lowest BCUT2D eigenvalue weighted by Gasteiger charge is -2.60. The topological polar surface area (TPSA) is 83.1 Å². The molecule has 4 fully saturated rings. The first-order chi connectivity index (χ1) is 16.7. The second-order valence-corrected chi connectivity index (χ2v) is 11.5. The molecule has 0 aromatic heterocycles. The minimum absolute atomic E-state index is 0.0556. The monoisotopic (exact) mass is 485 g/mol. The summed E-state index contributed by atoms with van der Waals surface area (Å²) >= 11 is 0. The van der Waals surface area contributed by atoms with Crippen molar-refractivity contribution in [1.29, 1.82) is 0 Å². The van der Waals surface area contributed by atoms with E-state index >= 15 is 0 Å². The van der Waals surface area contributed by atoms with Gasteiger partial charge in [-0.25, -0.2) is 0 Å². The van der Waals surface area contributed by atoms with Crippen LogP contribution in [-0.2, 0) is 9.59 Å². The molecular weight excluding hydrogens is 446 g/mol. The van der Waals surface area contributed by atoms with Crippen LogP contribution in [0.1, 0.15) is 65.2 Å². The third kappa shape index (κ3) is 3.77. The molecule has 7 nitrogen and oxygen atoms in total. The summed E-state index contributed by atoms with van der Waals surface area (Å²) in [6.45, 7) is 4.72. The van der Waals surface area contributed by atoms with Crippen LogP contribution in [0.4, 0.5) is 0 Å². The summed E-state index contributed by atoms with van der Waals surface area (Å²) in [5.41, 5.74) is 0.118. The van der Waals surface area contributed by atoms with Gasteiger partial charge in [0.1, 0.15) is 5.75 Å². The van der Waals surface area contributed by atoms with Gasteiger partial charge in [-0.1, -0.05) is 13.8 Å². The SMILES string of the molecule is COc1cc(OC(=O)C2CCC3C4CCC5NC(=O)CCC5(C)C4CCC23C)cc(OC)c1OC. The Morgan fingerprint density at radius 1 is 0.886 bits per heavy atom. The fourth-order valence-corrected chi connectivity index (χ4v) is 8.39. The van der Waals surface area contributed by atoms with Gasteiger partial charge >= 0.3 is 5.97 Å². The Labute approximate surface area is 208 Å². The lowest BCUT2D eigenvalue weighted by molar-refractivity contribution is -0.150. The summed E-state index contributed by atoms with van der Waals surface area (Å²) in [5, 5.41) is 3.30. The highest BCUT2D eigenvalue weighted by Gasteiger charge is 2.61. The van der Waals surface area contributed by atoms with Gasteiger partial charge in [-0.15, -0.1) is 0 Å². The van der Waals surface area contributed by atoms with E-state index in [9.17, 15) is 9.59 Å². The van der Waals surface area contributed by atoms with Crippen molar-refractivity contribution in [1.82, 2.24) is 5.32 Å². The molecule has 5 rings (SSSR count). The predicted molar refractivity (Wildman–Crippen MR) is 131 cm³/mol. The van der Waals surface area contributed by atoms with Crippen LogP contribution in [-0.4, -0.2) is 39.2 Å². The number of rotatable bonds is 5. The Morgan fingerprint density at radius 2 is 1.57 bits per heavy atom. The minimum atomic E-state index is -0.160. The maximum Gasteiger partial charge on any atom is 0.314 e. The smallest absolute Gasteiger partial charge is 0.314 e. The van der Waals surface area contributed by atoms with Crippen molar-refractivity contribution in [3.63, 3.8) is 0 Å². The van der Waals surface area contributed by atoms with Gasteiger partial charge in [0.05, 0.1) is 27.2 Å². The van der Waals surface area contributed by atoms with Crippen LogP contribution in [0, 0.1) is 34.5 Å². The second kappa shape index (κ2) is 8.90. The highest BCUT2D eigenvalue weighted by atomic mass is 16.5. The number of esters is 1. The highest BCUT2D eigenvalue weighted by molar-refractivity contribution is 5.78. The molecule has 1 amide bonds. The number of hydrogen-bond acceptors (Lipinski definition) is 6. The first-order valence-corrected chi connectivity index (χ1v) is 13.1. The molecule has 3 saturated carbocycles. The Hall–Kier alpha value is -2.44. The summed E-state index contributed by atoms with van der Waals surface area (Å²) < 4.78 is 22.2. The van der Waals surface area contributed by atoms with E-state index in [0.717, 1.165) is 44.9 Å². The van der Waals surface area contributed by atoms with Crippen LogP contribution in [0.15, 0.2) is 12.1 Å². The molecule has 1 heterocycles. The van der Waals surface area contributed by atoms with Crippen LogP contribution in [0.3, 0.4) is 0 Å². The normalized spacial score (nSPS) is 37.9. The van der Waals surface area contributed by atoms with Gasteiger partial charge in [-0.2, -0.15) is 0 Å². The van der Waals surface area contributed by atoms with Gasteiger partial charge in [-0.05, 0) is 73.5 Å². The summed E-state index contributed by atoms with van der Waals surface area (Å²) in [5.74, 6) is 3.51. The molecule has 1 aromatic rings. The van der Waals surface area contributed by atoms with Crippen LogP contribution >= 0.6 is 0 Å². The average molecular weight is 486 g/mol. The minimum Gasteiger partial charge on any atom is -0.493 e. The Kier molecular flexibility index (Phi) is 6.17. The quantitative estimate of drug-likeness (QED) is 0.479. The van der Waals surface area contributed by atoms with Crippen molar-refractivity contribution in [3.8, 4) is 23.0 Å². The zero-order valence-corrected chi connectivity index (χ0v) is 21.6. The molecule has 7 unspecified atom stereocenters. The number of amides is 1. The number of nitrogens with one attached hydrogen (secondary N) is 1. The third-order valence-corrected chi connectivity index (χ3v) is 10.2. The molecule has 192 valence electrons. The van der Waals surface area contributed by atoms with Gasteiger partial charge in [0, 0.05) is 24.6 Å². The molecule has 35 heavy (non-hydrogen) atoms. The lowest BCUT2D eigenvalue weighted by Crippen LogP contribution is -2.61. The van der Waals surface area contributed by atoms with E-state index in [0.29, 0.717) is 53.2 Å². The first kappa shape index (κ1) is 24.3. The fourth-order valence-electron chi connectivity index (χ4n) is 8.39. The fraction of sp³-hybridized carbons (Fsp3) is 0.714. The molecule has 1 aliphatic heterocycles. The molecule has 7 heteroatoms. The molecule has 7 atom stereocenters. The number of ether oxygens (including phenoxy) is 4. The molecular formula is C28H39NO6. The number of hydrogen-bond donors (Lipinski definition) is 1. The second-order valence-electron chi connectivity index (χ2n) is 11.5. The molecule has 1 saturated heterocycles. The Morgan fingerprint density at radius 3 is 2.23 bits per heavy atom. The van der Waals surface area contributed by atoms with Crippen LogP contribution in [0.5, 0.6) is 23.0 Å². The van der Waals surface area contributed by atoms with Crippen molar-refractivity contribution >= 4 is 11.9 Å². The number of carbonyl (C=O) groups is 2. The van der Waals surface area contributed by atoms with Gasteiger partial charge in [-0.3, -0.25) is 9.59 Å². The summed E-state index contributed by atoms with van der Waals surface area (Å²) in [7, 11) is 4.66. The van der Waals surface area contributed by atoms with E-state index in [1.165, 1.54) is 0 Å². The first-order valence-electron chi connectivity index (χ1n) is 13.1. The van der Waals surface area contributed by atoms with E-state index in [4.69, 9.17) is 18.9 Å². The predicted octanol–water partition coefficient (Wildman–Crippen LogP) is 4.76. The number of piperidine rings is 1. The van der Waals surface area contributed by atoms with Crippen LogP contribution < -0.4 is 24.3 Å².